The minimum atomic E-state index is -4.58. The Balaban J connectivity index is 1.46. The third-order valence-electron chi connectivity index (χ3n) is 5.52. The number of rotatable bonds is 6. The number of aromatic nitrogens is 2. The van der Waals surface area contributed by atoms with Gasteiger partial charge < -0.3 is 19.1 Å². The van der Waals surface area contributed by atoms with Crippen LogP contribution in [0.1, 0.15) is 16.7 Å². The molecule has 0 amide bonds. The summed E-state index contributed by atoms with van der Waals surface area (Å²) in [6, 6.07) is 10.3. The Morgan fingerprint density at radius 2 is 1.86 bits per heavy atom. The van der Waals surface area contributed by atoms with E-state index in [4.69, 9.17) is 25.8 Å². The Hall–Kier alpha value is -3.24. The van der Waals surface area contributed by atoms with Gasteiger partial charge in [-0.25, -0.2) is 4.79 Å². The molecule has 0 saturated carbocycles. The lowest BCUT2D eigenvalue weighted by Crippen LogP contribution is -2.39. The number of hydrogen-bond acceptors (Lipinski definition) is 6. The van der Waals surface area contributed by atoms with Gasteiger partial charge in [0.1, 0.15) is 23.9 Å². The summed E-state index contributed by atoms with van der Waals surface area (Å²) in [5, 5.41) is -0.393. The molecule has 1 saturated heterocycles. The van der Waals surface area contributed by atoms with Crippen molar-refractivity contribution < 1.29 is 27.4 Å². The molecule has 1 fully saturated rings. The number of morpholine rings is 1. The number of ether oxygens (including phenoxy) is 3. The van der Waals surface area contributed by atoms with E-state index in [0.717, 1.165) is 17.7 Å². The van der Waals surface area contributed by atoms with E-state index in [9.17, 15) is 18.0 Å². The van der Waals surface area contributed by atoms with Crippen molar-refractivity contribution >= 4 is 17.4 Å². The first-order valence-electron chi connectivity index (χ1n) is 10.8. The zero-order valence-electron chi connectivity index (χ0n) is 19.1. The lowest BCUT2D eigenvalue weighted by Gasteiger charge is -2.29. The van der Waals surface area contributed by atoms with Crippen LogP contribution in [0.15, 0.2) is 47.3 Å². The third-order valence-corrected chi connectivity index (χ3v) is 5.85. The molecule has 4 rings (SSSR count). The number of aryl methyl sites for hydroxylation is 1. The normalized spacial score (nSPS) is 14.2. The van der Waals surface area contributed by atoms with Gasteiger partial charge in [0.25, 0.3) is 0 Å². The van der Waals surface area contributed by atoms with Crippen LogP contribution in [0.25, 0.3) is 0 Å². The highest BCUT2D eigenvalue weighted by molar-refractivity contribution is 6.31. The molecule has 0 N–H and O–H groups in total. The van der Waals surface area contributed by atoms with Crippen molar-refractivity contribution in [3.8, 4) is 17.4 Å². The second-order valence-corrected chi connectivity index (χ2v) is 8.43. The second kappa shape index (κ2) is 10.2. The lowest BCUT2D eigenvalue weighted by atomic mass is 10.1. The predicted molar refractivity (Wildman–Crippen MR) is 125 cm³/mol. The molecule has 1 aromatic heterocycles. The molecule has 0 bridgehead atoms. The van der Waals surface area contributed by atoms with E-state index >= 15 is 0 Å². The Bertz CT molecular complexity index is 1270. The van der Waals surface area contributed by atoms with Gasteiger partial charge in [-0.2, -0.15) is 18.2 Å². The first kappa shape index (κ1) is 24.9. The van der Waals surface area contributed by atoms with Crippen molar-refractivity contribution in [2.45, 2.75) is 19.7 Å². The van der Waals surface area contributed by atoms with Gasteiger partial charge in [-0.15, -0.1) is 0 Å². The number of nitrogens with zero attached hydrogens (tertiary/aromatic N) is 3. The SMILES string of the molecule is Cc1cc(COc2cc(N3CCOCC3)n(C)c(=O)n2)ccc1Oc1ccc(Cl)c(C(F)(F)F)c1. The van der Waals surface area contributed by atoms with Crippen molar-refractivity contribution in [2.24, 2.45) is 7.05 Å². The Labute approximate surface area is 204 Å². The number of alkyl halides is 3. The molecule has 0 unspecified atom stereocenters. The fourth-order valence-corrected chi connectivity index (χ4v) is 3.89. The van der Waals surface area contributed by atoms with Crippen molar-refractivity contribution in [3.05, 3.63) is 74.7 Å². The summed E-state index contributed by atoms with van der Waals surface area (Å²) in [7, 11) is 1.66. The Kier molecular flexibility index (Phi) is 7.23. The molecule has 2 aromatic carbocycles. The van der Waals surface area contributed by atoms with E-state index in [1.54, 1.807) is 38.2 Å². The highest BCUT2D eigenvalue weighted by Gasteiger charge is 2.33. The third kappa shape index (κ3) is 5.88. The number of anilines is 1. The molecule has 1 aliphatic rings. The molecule has 35 heavy (non-hydrogen) atoms. The fraction of sp³-hybridized carbons (Fsp3) is 0.333. The first-order valence-corrected chi connectivity index (χ1v) is 11.2. The van der Waals surface area contributed by atoms with Crippen molar-refractivity contribution in [3.63, 3.8) is 0 Å². The van der Waals surface area contributed by atoms with Gasteiger partial charge in [-0.05, 0) is 48.4 Å². The van der Waals surface area contributed by atoms with E-state index in [1.807, 2.05) is 4.90 Å². The zero-order valence-corrected chi connectivity index (χ0v) is 19.8. The van der Waals surface area contributed by atoms with Gasteiger partial charge in [-0.3, -0.25) is 4.57 Å². The van der Waals surface area contributed by atoms with Crippen LogP contribution < -0.4 is 20.1 Å². The Morgan fingerprint density at radius 1 is 1.11 bits per heavy atom. The Morgan fingerprint density at radius 3 is 2.54 bits per heavy atom. The molecule has 186 valence electrons. The predicted octanol–water partition coefficient (Wildman–Crippen LogP) is 4.97. The maximum atomic E-state index is 13.1. The van der Waals surface area contributed by atoms with Crippen molar-refractivity contribution in [2.75, 3.05) is 31.2 Å². The van der Waals surface area contributed by atoms with Gasteiger partial charge in [0, 0.05) is 26.2 Å². The van der Waals surface area contributed by atoms with Crippen LogP contribution in [0.4, 0.5) is 19.0 Å². The molecule has 0 spiro atoms. The monoisotopic (exact) mass is 509 g/mol. The standard InChI is InChI=1S/C24H23ClF3N3O4/c1-15-11-16(3-6-20(15)35-17-4-5-19(25)18(12-17)24(26,27)28)14-34-21-13-22(30(2)23(32)29-21)31-7-9-33-10-8-31/h3-6,11-13H,7-10,14H2,1-2H3. The minimum absolute atomic E-state index is 0.0220. The largest absolute Gasteiger partial charge is 0.473 e. The van der Waals surface area contributed by atoms with Crippen LogP contribution in [-0.2, 0) is 24.6 Å². The number of hydrogen-bond donors (Lipinski definition) is 0. The van der Waals surface area contributed by atoms with Crippen LogP contribution in [0.5, 0.6) is 17.4 Å². The molecular formula is C24H23ClF3N3O4. The lowest BCUT2D eigenvalue weighted by molar-refractivity contribution is -0.137. The highest BCUT2D eigenvalue weighted by atomic mass is 35.5. The average Bonchev–Trinajstić information content (AvgIpc) is 2.82. The summed E-state index contributed by atoms with van der Waals surface area (Å²) in [4.78, 5) is 18.3. The fourth-order valence-electron chi connectivity index (χ4n) is 3.66. The smallest absolute Gasteiger partial charge is 0.417 e. The highest BCUT2D eigenvalue weighted by Crippen LogP contribution is 2.38. The molecule has 0 atom stereocenters. The van der Waals surface area contributed by atoms with Crippen LogP contribution in [0, 0.1) is 6.92 Å². The van der Waals surface area contributed by atoms with Crippen molar-refractivity contribution in [1.29, 1.82) is 0 Å². The quantitative estimate of drug-likeness (QED) is 0.467. The molecular weight excluding hydrogens is 487 g/mol. The van der Waals surface area contributed by atoms with E-state index in [0.29, 0.717) is 43.4 Å². The summed E-state index contributed by atoms with van der Waals surface area (Å²) in [6.07, 6.45) is -4.58. The van der Waals surface area contributed by atoms with Crippen molar-refractivity contribution in [1.82, 2.24) is 9.55 Å². The maximum Gasteiger partial charge on any atom is 0.417 e. The molecule has 2 heterocycles. The van der Waals surface area contributed by atoms with Crippen LogP contribution in [0.2, 0.25) is 5.02 Å². The molecule has 7 nitrogen and oxygen atoms in total. The first-order chi connectivity index (χ1) is 16.6. The number of benzene rings is 2. The van der Waals surface area contributed by atoms with E-state index < -0.39 is 22.5 Å². The van der Waals surface area contributed by atoms with Gasteiger partial charge >= 0.3 is 11.9 Å². The molecule has 0 radical (unpaired) electrons. The van der Waals surface area contributed by atoms with Crippen LogP contribution in [-0.4, -0.2) is 35.9 Å². The molecule has 1 aliphatic heterocycles. The summed E-state index contributed by atoms with van der Waals surface area (Å²) in [6.45, 7) is 4.39. The molecule has 11 heteroatoms. The molecule has 3 aromatic rings. The van der Waals surface area contributed by atoms with Crippen LogP contribution >= 0.6 is 11.6 Å². The van der Waals surface area contributed by atoms with E-state index in [2.05, 4.69) is 4.98 Å². The summed E-state index contributed by atoms with van der Waals surface area (Å²) < 4.78 is 57.6. The summed E-state index contributed by atoms with van der Waals surface area (Å²) in [5.74, 6) is 1.32. The van der Waals surface area contributed by atoms with E-state index in [1.165, 1.54) is 10.6 Å². The summed E-state index contributed by atoms with van der Waals surface area (Å²) in [5.41, 5.74) is 0.0836. The second-order valence-electron chi connectivity index (χ2n) is 8.02. The van der Waals surface area contributed by atoms with Gasteiger partial charge in [-0.1, -0.05) is 17.7 Å². The van der Waals surface area contributed by atoms with Gasteiger partial charge in [0.15, 0.2) is 0 Å². The maximum absolute atomic E-state index is 13.1. The van der Waals surface area contributed by atoms with Gasteiger partial charge in [0.2, 0.25) is 5.88 Å². The van der Waals surface area contributed by atoms with Crippen LogP contribution in [0.3, 0.4) is 0 Å². The number of halogens is 4. The van der Waals surface area contributed by atoms with E-state index in [-0.39, 0.29) is 18.2 Å². The summed E-state index contributed by atoms with van der Waals surface area (Å²) >= 11 is 5.67. The topological polar surface area (TPSA) is 65.8 Å². The molecule has 0 aliphatic carbocycles. The van der Waals surface area contributed by atoms with Gasteiger partial charge in [0.05, 0.1) is 23.8 Å². The average molecular weight is 510 g/mol. The minimum Gasteiger partial charge on any atom is -0.473 e. The zero-order chi connectivity index (χ0) is 25.2.